The van der Waals surface area contributed by atoms with Crippen molar-refractivity contribution in [1.29, 1.82) is 0 Å². The van der Waals surface area contributed by atoms with Crippen LogP contribution >= 0.6 is 0 Å². The highest BCUT2D eigenvalue weighted by atomic mass is 16.5. The molecule has 92 valence electrons. The third-order valence-corrected chi connectivity index (χ3v) is 1.96. The van der Waals surface area contributed by atoms with Crippen molar-refractivity contribution < 1.29 is 14.3 Å². The van der Waals surface area contributed by atoms with Gasteiger partial charge in [0, 0.05) is 6.61 Å². The van der Waals surface area contributed by atoms with Crippen LogP contribution in [0.3, 0.4) is 0 Å². The fourth-order valence-corrected chi connectivity index (χ4v) is 1.10. The van der Waals surface area contributed by atoms with Crippen LogP contribution in [-0.2, 0) is 9.53 Å². The molecule has 1 N–H and O–H groups in total. The van der Waals surface area contributed by atoms with E-state index in [-0.39, 0.29) is 12.5 Å². The van der Waals surface area contributed by atoms with Gasteiger partial charge in [0.15, 0.2) is 0 Å². The molecule has 1 aromatic carbocycles. The Labute approximate surface area is 100 Å². The highest BCUT2D eigenvalue weighted by Gasteiger charge is 1.97. The van der Waals surface area contributed by atoms with Crippen molar-refractivity contribution in [2.24, 2.45) is 5.10 Å². The average molecular weight is 236 g/mol. The largest absolute Gasteiger partial charge is 0.497 e. The molecular formula is C12H16N2O3. The topological polar surface area (TPSA) is 59.9 Å². The van der Waals surface area contributed by atoms with E-state index in [4.69, 9.17) is 9.47 Å². The van der Waals surface area contributed by atoms with Gasteiger partial charge >= 0.3 is 0 Å². The van der Waals surface area contributed by atoms with E-state index < -0.39 is 0 Å². The van der Waals surface area contributed by atoms with E-state index in [0.717, 1.165) is 11.3 Å². The van der Waals surface area contributed by atoms with Crippen LogP contribution in [0.25, 0.3) is 0 Å². The summed E-state index contributed by atoms with van der Waals surface area (Å²) in [5.74, 6) is 0.513. The second-order valence-corrected chi connectivity index (χ2v) is 3.20. The molecule has 0 aliphatic carbocycles. The van der Waals surface area contributed by atoms with E-state index >= 15 is 0 Å². The predicted octanol–water partition coefficient (Wildman–Crippen LogP) is 1.18. The van der Waals surface area contributed by atoms with E-state index in [1.807, 2.05) is 31.2 Å². The molecule has 0 radical (unpaired) electrons. The molecule has 0 unspecified atom stereocenters. The van der Waals surface area contributed by atoms with Crippen molar-refractivity contribution in [1.82, 2.24) is 5.43 Å². The second kappa shape index (κ2) is 7.40. The minimum absolute atomic E-state index is 0.0243. The Hall–Kier alpha value is -1.88. The van der Waals surface area contributed by atoms with Crippen LogP contribution in [0.15, 0.2) is 29.4 Å². The summed E-state index contributed by atoms with van der Waals surface area (Å²) in [6.45, 7) is 2.36. The summed E-state index contributed by atoms with van der Waals surface area (Å²) >= 11 is 0. The van der Waals surface area contributed by atoms with E-state index in [0.29, 0.717) is 6.61 Å². The van der Waals surface area contributed by atoms with Gasteiger partial charge in [0.1, 0.15) is 12.4 Å². The number of nitrogens with zero attached hydrogens (tertiary/aromatic N) is 1. The van der Waals surface area contributed by atoms with Gasteiger partial charge in [-0.1, -0.05) is 0 Å². The predicted molar refractivity (Wildman–Crippen MR) is 65.2 cm³/mol. The summed E-state index contributed by atoms with van der Waals surface area (Å²) in [6.07, 6.45) is 1.56. The number of hydrogen-bond acceptors (Lipinski definition) is 4. The third-order valence-electron chi connectivity index (χ3n) is 1.96. The van der Waals surface area contributed by atoms with Gasteiger partial charge < -0.3 is 9.47 Å². The molecule has 0 saturated carbocycles. The van der Waals surface area contributed by atoms with Crippen LogP contribution in [0.5, 0.6) is 5.75 Å². The fourth-order valence-electron chi connectivity index (χ4n) is 1.10. The molecule has 0 spiro atoms. The molecule has 5 nitrogen and oxygen atoms in total. The first-order valence-electron chi connectivity index (χ1n) is 5.30. The number of carbonyl (C=O) groups excluding carboxylic acids is 1. The van der Waals surface area contributed by atoms with Crippen LogP contribution in [0.1, 0.15) is 12.5 Å². The molecule has 0 aliphatic heterocycles. The molecular weight excluding hydrogens is 220 g/mol. The van der Waals surface area contributed by atoms with Crippen LogP contribution in [0.4, 0.5) is 0 Å². The number of nitrogens with one attached hydrogen (secondary N) is 1. The summed E-state index contributed by atoms with van der Waals surface area (Å²) in [5.41, 5.74) is 3.25. The van der Waals surface area contributed by atoms with Crippen molar-refractivity contribution in [2.75, 3.05) is 20.3 Å². The highest BCUT2D eigenvalue weighted by molar-refractivity contribution is 5.82. The van der Waals surface area contributed by atoms with E-state index in [2.05, 4.69) is 10.5 Å². The number of hydrogen-bond donors (Lipinski definition) is 1. The Morgan fingerprint density at radius 2 is 2.12 bits per heavy atom. The lowest BCUT2D eigenvalue weighted by Crippen LogP contribution is -2.22. The maximum absolute atomic E-state index is 11.1. The number of methoxy groups -OCH3 is 1. The van der Waals surface area contributed by atoms with Crippen molar-refractivity contribution in [3.05, 3.63) is 29.8 Å². The smallest absolute Gasteiger partial charge is 0.266 e. The summed E-state index contributed by atoms with van der Waals surface area (Å²) in [6, 6.07) is 7.33. The van der Waals surface area contributed by atoms with Gasteiger partial charge in [-0.3, -0.25) is 4.79 Å². The van der Waals surface area contributed by atoms with Crippen molar-refractivity contribution in [3.63, 3.8) is 0 Å². The summed E-state index contributed by atoms with van der Waals surface area (Å²) in [7, 11) is 1.61. The lowest BCUT2D eigenvalue weighted by molar-refractivity contribution is -0.125. The second-order valence-electron chi connectivity index (χ2n) is 3.20. The highest BCUT2D eigenvalue weighted by Crippen LogP contribution is 2.09. The molecule has 0 atom stereocenters. The SMILES string of the molecule is CCOCC(=O)N/N=C/c1ccc(OC)cc1. The van der Waals surface area contributed by atoms with Crippen molar-refractivity contribution in [3.8, 4) is 5.75 Å². The number of ether oxygens (including phenoxy) is 2. The van der Waals surface area contributed by atoms with Gasteiger partial charge in [0.25, 0.3) is 5.91 Å². The number of carbonyl (C=O) groups is 1. The Balaban J connectivity index is 2.39. The van der Waals surface area contributed by atoms with Crippen LogP contribution in [-0.4, -0.2) is 32.4 Å². The van der Waals surface area contributed by atoms with Gasteiger partial charge in [-0.25, -0.2) is 5.43 Å². The summed E-state index contributed by atoms with van der Waals surface area (Å²) in [5, 5.41) is 3.80. The van der Waals surface area contributed by atoms with Gasteiger partial charge in [-0.2, -0.15) is 5.10 Å². The Kier molecular flexibility index (Phi) is 5.74. The molecule has 17 heavy (non-hydrogen) atoms. The summed E-state index contributed by atoms with van der Waals surface area (Å²) in [4.78, 5) is 11.1. The maximum atomic E-state index is 11.1. The van der Waals surface area contributed by atoms with Crippen LogP contribution in [0.2, 0.25) is 0 Å². The first-order valence-corrected chi connectivity index (χ1v) is 5.30. The number of amides is 1. The third kappa shape index (κ3) is 5.12. The normalized spacial score (nSPS) is 10.5. The van der Waals surface area contributed by atoms with E-state index in [1.54, 1.807) is 13.3 Å². The van der Waals surface area contributed by atoms with Gasteiger partial charge in [0.2, 0.25) is 0 Å². The van der Waals surface area contributed by atoms with Gasteiger partial charge in [-0.15, -0.1) is 0 Å². The molecule has 1 aromatic rings. The van der Waals surface area contributed by atoms with Gasteiger partial charge in [0.05, 0.1) is 13.3 Å². The molecule has 0 aromatic heterocycles. The van der Waals surface area contributed by atoms with Crippen LogP contribution < -0.4 is 10.2 Å². The first-order chi connectivity index (χ1) is 8.26. The molecule has 0 bridgehead atoms. The van der Waals surface area contributed by atoms with E-state index in [1.165, 1.54) is 0 Å². The lowest BCUT2D eigenvalue weighted by atomic mass is 10.2. The number of benzene rings is 1. The quantitative estimate of drug-likeness (QED) is 0.596. The van der Waals surface area contributed by atoms with Gasteiger partial charge in [-0.05, 0) is 36.8 Å². The maximum Gasteiger partial charge on any atom is 0.266 e. The summed E-state index contributed by atoms with van der Waals surface area (Å²) < 4.78 is 9.95. The zero-order chi connectivity index (χ0) is 12.5. The fraction of sp³-hybridized carbons (Fsp3) is 0.333. The molecule has 5 heteroatoms. The molecule has 0 aliphatic rings. The Bertz CT molecular complexity index is 374. The molecule has 0 fully saturated rings. The van der Waals surface area contributed by atoms with Crippen molar-refractivity contribution >= 4 is 12.1 Å². The van der Waals surface area contributed by atoms with E-state index in [9.17, 15) is 4.79 Å². The van der Waals surface area contributed by atoms with Crippen molar-refractivity contribution in [2.45, 2.75) is 6.92 Å². The molecule has 0 saturated heterocycles. The standard InChI is InChI=1S/C12H16N2O3/c1-3-17-9-12(15)14-13-8-10-4-6-11(16-2)7-5-10/h4-8H,3,9H2,1-2H3,(H,14,15)/b13-8+. The molecule has 1 rings (SSSR count). The number of hydrazone groups is 1. The minimum atomic E-state index is -0.267. The zero-order valence-electron chi connectivity index (χ0n) is 9.97. The monoisotopic (exact) mass is 236 g/mol. The molecule has 0 heterocycles. The minimum Gasteiger partial charge on any atom is -0.497 e. The zero-order valence-corrected chi connectivity index (χ0v) is 9.97. The Morgan fingerprint density at radius 3 is 2.71 bits per heavy atom. The molecule has 1 amide bonds. The number of rotatable bonds is 6. The Morgan fingerprint density at radius 1 is 1.41 bits per heavy atom. The first kappa shape index (κ1) is 13.2. The van der Waals surface area contributed by atoms with Crippen LogP contribution in [0, 0.1) is 0 Å². The average Bonchev–Trinajstić information content (AvgIpc) is 2.37. The lowest BCUT2D eigenvalue weighted by Gasteiger charge is -2.00.